The molecule has 0 bridgehead atoms. The van der Waals surface area contributed by atoms with Crippen molar-refractivity contribution in [2.24, 2.45) is 0 Å². The monoisotopic (exact) mass is 263 g/mol. The van der Waals surface area contributed by atoms with E-state index in [2.05, 4.69) is 18.5 Å². The first kappa shape index (κ1) is 14.9. The van der Waals surface area contributed by atoms with Crippen molar-refractivity contribution in [1.29, 1.82) is 0 Å². The fourth-order valence-electron chi connectivity index (χ4n) is 1.60. The van der Waals surface area contributed by atoms with Gasteiger partial charge in [0.2, 0.25) is 0 Å². The Morgan fingerprint density at radius 3 is 2.83 bits per heavy atom. The molecular weight excluding hydrogens is 242 g/mol. The highest BCUT2D eigenvalue weighted by Gasteiger charge is 2.06. The second-order valence-electron chi connectivity index (χ2n) is 4.27. The number of thiazole rings is 1. The maximum absolute atomic E-state index is 10.1. The van der Waals surface area contributed by atoms with Gasteiger partial charge >= 0.3 is 0 Å². The fraction of sp³-hybridized carbons (Fsp3) is 0.400. The molecule has 0 aliphatic carbocycles. The van der Waals surface area contributed by atoms with Crippen LogP contribution in [-0.4, -0.2) is 16.2 Å². The van der Waals surface area contributed by atoms with Crippen LogP contribution in [0.5, 0.6) is 0 Å². The molecule has 1 heterocycles. The third-order valence-electron chi connectivity index (χ3n) is 2.81. The maximum atomic E-state index is 10.1. The zero-order valence-electron chi connectivity index (χ0n) is 11.3. The van der Waals surface area contributed by atoms with Crippen molar-refractivity contribution in [3.63, 3.8) is 0 Å². The molecule has 2 nitrogen and oxygen atoms in total. The van der Waals surface area contributed by atoms with Crippen LogP contribution in [0.3, 0.4) is 0 Å². The number of aryl methyl sites for hydroxylation is 1. The van der Waals surface area contributed by atoms with Crippen LogP contribution in [0.1, 0.15) is 37.4 Å². The van der Waals surface area contributed by atoms with Crippen LogP contribution in [0.25, 0.3) is 6.08 Å². The van der Waals surface area contributed by atoms with Crippen LogP contribution in [0.2, 0.25) is 0 Å². The lowest BCUT2D eigenvalue weighted by Gasteiger charge is -2.09. The minimum Gasteiger partial charge on any atom is -0.388 e. The fourth-order valence-corrected chi connectivity index (χ4v) is 2.17. The molecule has 0 amide bonds. The SMILES string of the molecule is C=CC(=CC[C@H](O)C(C)=Cc1csc(C)n1)CC. The van der Waals surface area contributed by atoms with Crippen LogP contribution >= 0.6 is 11.3 Å². The number of aliphatic hydroxyl groups is 1. The van der Waals surface area contributed by atoms with E-state index in [1.54, 1.807) is 11.3 Å². The average Bonchev–Trinajstić information content (AvgIpc) is 2.75. The first-order valence-electron chi connectivity index (χ1n) is 6.16. The minimum atomic E-state index is -0.450. The standard InChI is InChI=1S/C15H21NOS/c1-5-13(6-2)7-8-15(17)11(3)9-14-10-18-12(4)16-14/h5,7,9-10,15,17H,1,6,8H2,2-4H3/t15-/m0/s1. The predicted molar refractivity (Wildman–Crippen MR) is 79.7 cm³/mol. The molecule has 18 heavy (non-hydrogen) atoms. The van der Waals surface area contributed by atoms with E-state index in [1.807, 2.05) is 37.5 Å². The predicted octanol–water partition coefficient (Wildman–Crippen LogP) is 4.13. The lowest BCUT2D eigenvalue weighted by Crippen LogP contribution is -2.06. The highest BCUT2D eigenvalue weighted by Crippen LogP contribution is 2.16. The van der Waals surface area contributed by atoms with Gasteiger partial charge in [0.25, 0.3) is 0 Å². The summed E-state index contributed by atoms with van der Waals surface area (Å²) in [6, 6.07) is 0. The summed E-state index contributed by atoms with van der Waals surface area (Å²) in [6.07, 6.45) is 6.96. The lowest BCUT2D eigenvalue weighted by atomic mass is 10.0. The van der Waals surface area contributed by atoms with Gasteiger partial charge in [0.05, 0.1) is 16.8 Å². The van der Waals surface area contributed by atoms with Crippen LogP contribution < -0.4 is 0 Å². The van der Waals surface area contributed by atoms with E-state index in [1.165, 1.54) is 5.57 Å². The van der Waals surface area contributed by atoms with Gasteiger partial charge in [-0.1, -0.05) is 31.2 Å². The van der Waals surface area contributed by atoms with E-state index in [0.29, 0.717) is 6.42 Å². The Kier molecular flexibility index (Phi) is 6.02. The molecule has 1 aromatic heterocycles. The van der Waals surface area contributed by atoms with E-state index in [0.717, 1.165) is 22.7 Å². The Labute approximate surface area is 113 Å². The van der Waals surface area contributed by atoms with Crippen molar-refractivity contribution >= 4 is 17.4 Å². The van der Waals surface area contributed by atoms with Crippen molar-refractivity contribution in [2.45, 2.75) is 39.7 Å². The van der Waals surface area contributed by atoms with Crippen molar-refractivity contribution < 1.29 is 5.11 Å². The summed E-state index contributed by atoms with van der Waals surface area (Å²) in [5.74, 6) is 0. The van der Waals surface area contributed by atoms with Gasteiger partial charge in [0, 0.05) is 5.38 Å². The second-order valence-corrected chi connectivity index (χ2v) is 5.33. The number of hydrogen-bond acceptors (Lipinski definition) is 3. The van der Waals surface area contributed by atoms with E-state index in [-0.39, 0.29) is 0 Å². The highest BCUT2D eigenvalue weighted by atomic mass is 32.1. The molecule has 0 aromatic carbocycles. The second kappa shape index (κ2) is 7.29. The summed E-state index contributed by atoms with van der Waals surface area (Å²) >= 11 is 1.62. The van der Waals surface area contributed by atoms with Gasteiger partial charge in [0.15, 0.2) is 0 Å². The summed E-state index contributed by atoms with van der Waals surface area (Å²) in [6.45, 7) is 9.75. The van der Waals surface area contributed by atoms with Gasteiger partial charge in [-0.15, -0.1) is 11.3 Å². The summed E-state index contributed by atoms with van der Waals surface area (Å²) in [5, 5.41) is 13.1. The normalized spacial score (nSPS) is 14.7. The van der Waals surface area contributed by atoms with Gasteiger partial charge in [-0.25, -0.2) is 4.98 Å². The number of aromatic nitrogens is 1. The quantitative estimate of drug-likeness (QED) is 0.783. The van der Waals surface area contributed by atoms with Crippen LogP contribution in [0, 0.1) is 6.92 Å². The molecule has 1 N–H and O–H groups in total. The van der Waals surface area contributed by atoms with Gasteiger partial charge in [-0.2, -0.15) is 0 Å². The molecule has 3 heteroatoms. The zero-order valence-corrected chi connectivity index (χ0v) is 12.1. The molecule has 1 rings (SSSR count). The summed E-state index contributed by atoms with van der Waals surface area (Å²) in [4.78, 5) is 4.36. The molecule has 0 aliphatic rings. The Balaban J connectivity index is 2.66. The number of aliphatic hydroxyl groups excluding tert-OH is 1. The first-order valence-corrected chi connectivity index (χ1v) is 7.04. The van der Waals surface area contributed by atoms with Gasteiger partial charge < -0.3 is 5.11 Å². The van der Waals surface area contributed by atoms with Gasteiger partial charge in [0.1, 0.15) is 0 Å². The number of nitrogens with zero attached hydrogens (tertiary/aromatic N) is 1. The molecule has 98 valence electrons. The van der Waals surface area contributed by atoms with E-state index in [4.69, 9.17) is 0 Å². The van der Waals surface area contributed by atoms with E-state index in [9.17, 15) is 5.11 Å². The third-order valence-corrected chi connectivity index (χ3v) is 3.60. The molecule has 0 radical (unpaired) electrons. The Hall–Kier alpha value is -1.19. The number of allylic oxidation sites excluding steroid dienone is 2. The molecule has 0 aliphatic heterocycles. The smallest absolute Gasteiger partial charge is 0.0901 e. The van der Waals surface area contributed by atoms with E-state index >= 15 is 0 Å². The maximum Gasteiger partial charge on any atom is 0.0901 e. The molecule has 0 fully saturated rings. The van der Waals surface area contributed by atoms with Crippen molar-refractivity contribution in [2.75, 3.05) is 0 Å². The van der Waals surface area contributed by atoms with Crippen LogP contribution in [-0.2, 0) is 0 Å². The van der Waals surface area contributed by atoms with Crippen molar-refractivity contribution in [3.05, 3.63) is 46.0 Å². The lowest BCUT2D eigenvalue weighted by molar-refractivity contribution is 0.215. The number of hydrogen-bond donors (Lipinski definition) is 1. The zero-order chi connectivity index (χ0) is 13.5. The summed E-state index contributed by atoms with van der Waals surface area (Å²) < 4.78 is 0. The summed E-state index contributed by atoms with van der Waals surface area (Å²) in [5.41, 5.74) is 3.04. The first-order chi connectivity index (χ1) is 8.56. The Morgan fingerprint density at radius 1 is 1.61 bits per heavy atom. The topological polar surface area (TPSA) is 33.1 Å². The van der Waals surface area contributed by atoms with Crippen molar-refractivity contribution in [1.82, 2.24) is 4.98 Å². The Bertz CT molecular complexity index is 457. The van der Waals surface area contributed by atoms with Crippen molar-refractivity contribution in [3.8, 4) is 0 Å². The molecule has 0 unspecified atom stereocenters. The third kappa shape index (κ3) is 4.59. The van der Waals surface area contributed by atoms with E-state index < -0.39 is 6.10 Å². The molecule has 1 atom stereocenters. The van der Waals surface area contributed by atoms with Crippen LogP contribution in [0.4, 0.5) is 0 Å². The highest BCUT2D eigenvalue weighted by molar-refractivity contribution is 7.09. The largest absolute Gasteiger partial charge is 0.388 e. The van der Waals surface area contributed by atoms with Crippen LogP contribution in [0.15, 0.2) is 35.3 Å². The average molecular weight is 263 g/mol. The molecule has 0 saturated carbocycles. The Morgan fingerprint density at radius 2 is 2.33 bits per heavy atom. The minimum absolute atomic E-state index is 0.450. The summed E-state index contributed by atoms with van der Waals surface area (Å²) in [7, 11) is 0. The van der Waals surface area contributed by atoms with Gasteiger partial charge in [-0.05, 0) is 38.3 Å². The number of rotatable bonds is 6. The molecule has 0 spiro atoms. The molecular formula is C15H21NOS. The molecule has 0 saturated heterocycles. The molecule has 1 aromatic rings. The van der Waals surface area contributed by atoms with Gasteiger partial charge in [-0.3, -0.25) is 0 Å².